The molecule has 4 nitrogen and oxygen atoms in total. The van der Waals surface area contributed by atoms with Crippen molar-refractivity contribution in [3.63, 3.8) is 0 Å². The summed E-state index contributed by atoms with van der Waals surface area (Å²) in [7, 11) is 1.87. The molecule has 4 heteroatoms. The number of carbonyl (C=O) groups excluding carboxylic acids is 1. The maximum Gasteiger partial charge on any atom is 0.298 e. The lowest BCUT2D eigenvalue weighted by molar-refractivity contribution is -0.125. The third-order valence-corrected chi connectivity index (χ3v) is 2.10. The molecule has 0 aliphatic carbocycles. The Balaban J connectivity index is 2.20. The van der Waals surface area contributed by atoms with Crippen molar-refractivity contribution in [2.45, 2.75) is 13.1 Å². The van der Waals surface area contributed by atoms with Crippen molar-refractivity contribution in [3.8, 4) is 12.3 Å². The Bertz CT molecular complexity index is 376. The van der Waals surface area contributed by atoms with Gasteiger partial charge in [-0.2, -0.15) is 5.10 Å². The van der Waals surface area contributed by atoms with Gasteiger partial charge in [-0.25, -0.2) is 0 Å². The molecule has 66 valence electrons. The lowest BCUT2D eigenvalue weighted by Crippen LogP contribution is -2.23. The average molecular weight is 175 g/mol. The van der Waals surface area contributed by atoms with Crippen LogP contribution in [0.2, 0.25) is 0 Å². The van der Waals surface area contributed by atoms with E-state index in [4.69, 9.17) is 6.42 Å². The average Bonchev–Trinajstić information content (AvgIpc) is 2.59. The van der Waals surface area contributed by atoms with Crippen LogP contribution in [0.15, 0.2) is 6.20 Å². The molecule has 0 bridgehead atoms. The third-order valence-electron chi connectivity index (χ3n) is 2.10. The van der Waals surface area contributed by atoms with Crippen LogP contribution in [-0.4, -0.2) is 20.6 Å². The molecule has 0 N–H and O–H groups in total. The Kier molecular flexibility index (Phi) is 1.59. The molecule has 0 atom stereocenters. The van der Waals surface area contributed by atoms with Crippen molar-refractivity contribution in [2.24, 2.45) is 7.05 Å². The van der Waals surface area contributed by atoms with Crippen molar-refractivity contribution >= 4 is 5.91 Å². The first-order valence-corrected chi connectivity index (χ1v) is 3.97. The van der Waals surface area contributed by atoms with Gasteiger partial charge in [0.1, 0.15) is 0 Å². The Morgan fingerprint density at radius 2 is 2.46 bits per heavy atom. The summed E-state index contributed by atoms with van der Waals surface area (Å²) in [5.41, 5.74) is 2.04. The summed E-state index contributed by atoms with van der Waals surface area (Å²) in [6, 6.07) is 0. The minimum atomic E-state index is -0.263. The lowest BCUT2D eigenvalue weighted by Gasteiger charge is -2.10. The highest BCUT2D eigenvalue weighted by molar-refractivity contribution is 5.93. The fraction of sp³-hybridized carbons (Fsp3) is 0.333. The summed E-state index contributed by atoms with van der Waals surface area (Å²) in [5, 5.41) is 4.21. The molecule has 0 spiro atoms. The Labute approximate surface area is 76.1 Å². The normalized spacial score (nSPS) is 14.0. The number of hydrogen-bond acceptors (Lipinski definition) is 2. The summed E-state index contributed by atoms with van der Waals surface area (Å²) in [6.45, 7) is 1.13. The highest BCUT2D eigenvalue weighted by atomic mass is 16.2. The van der Waals surface area contributed by atoms with Gasteiger partial charge in [0, 0.05) is 18.8 Å². The van der Waals surface area contributed by atoms with Gasteiger partial charge in [-0.15, -0.1) is 6.42 Å². The SMILES string of the molecule is C#CC(=O)N1Cc2cn(C)nc2C1. The summed E-state index contributed by atoms with van der Waals surface area (Å²) in [5.74, 6) is 1.84. The molecule has 1 aromatic rings. The molecule has 0 aromatic carbocycles. The number of aryl methyl sites for hydroxylation is 1. The Morgan fingerprint density at radius 1 is 1.69 bits per heavy atom. The van der Waals surface area contributed by atoms with Crippen LogP contribution in [0.25, 0.3) is 0 Å². The van der Waals surface area contributed by atoms with Crippen LogP contribution in [0, 0.1) is 12.3 Å². The van der Waals surface area contributed by atoms with Crippen molar-refractivity contribution in [3.05, 3.63) is 17.5 Å². The van der Waals surface area contributed by atoms with Gasteiger partial charge < -0.3 is 4.90 Å². The fourth-order valence-corrected chi connectivity index (χ4v) is 1.53. The second-order valence-electron chi connectivity index (χ2n) is 3.08. The smallest absolute Gasteiger partial charge is 0.298 e. The summed E-state index contributed by atoms with van der Waals surface area (Å²) >= 11 is 0. The van der Waals surface area contributed by atoms with Crippen LogP contribution in [0.3, 0.4) is 0 Å². The van der Waals surface area contributed by atoms with Gasteiger partial charge in [0.25, 0.3) is 5.91 Å². The minimum Gasteiger partial charge on any atom is -0.321 e. The van der Waals surface area contributed by atoms with Crippen LogP contribution in [0.5, 0.6) is 0 Å². The van der Waals surface area contributed by atoms with Crippen LogP contribution < -0.4 is 0 Å². The van der Waals surface area contributed by atoms with E-state index in [0.29, 0.717) is 13.1 Å². The highest BCUT2D eigenvalue weighted by Gasteiger charge is 2.24. The maximum atomic E-state index is 11.1. The Morgan fingerprint density at radius 3 is 3.08 bits per heavy atom. The molecule has 2 heterocycles. The van der Waals surface area contributed by atoms with Crippen molar-refractivity contribution in [1.29, 1.82) is 0 Å². The molecule has 2 rings (SSSR count). The second-order valence-corrected chi connectivity index (χ2v) is 3.08. The summed E-state index contributed by atoms with van der Waals surface area (Å²) < 4.78 is 1.75. The monoisotopic (exact) mass is 175 g/mol. The van der Waals surface area contributed by atoms with Crippen molar-refractivity contribution in [2.75, 3.05) is 0 Å². The van der Waals surface area contributed by atoms with Crippen LogP contribution in [0.4, 0.5) is 0 Å². The van der Waals surface area contributed by atoms with Gasteiger partial charge in [-0.05, 0) is 5.92 Å². The van der Waals surface area contributed by atoms with Gasteiger partial charge in [-0.1, -0.05) is 0 Å². The number of hydrogen-bond donors (Lipinski definition) is 0. The summed E-state index contributed by atoms with van der Waals surface area (Å²) in [4.78, 5) is 12.7. The number of aromatic nitrogens is 2. The molecular formula is C9H9N3O. The number of carbonyl (C=O) groups is 1. The number of rotatable bonds is 0. The van der Waals surface area contributed by atoms with Gasteiger partial charge >= 0.3 is 0 Å². The predicted octanol–water partition coefficient (Wildman–Crippen LogP) is -0.105. The number of nitrogens with zero attached hydrogens (tertiary/aromatic N) is 3. The van der Waals surface area contributed by atoms with E-state index in [0.717, 1.165) is 11.3 Å². The van der Waals surface area contributed by atoms with E-state index >= 15 is 0 Å². The van der Waals surface area contributed by atoms with E-state index in [1.165, 1.54) is 0 Å². The molecule has 0 radical (unpaired) electrons. The zero-order chi connectivity index (χ0) is 9.42. The highest BCUT2D eigenvalue weighted by Crippen LogP contribution is 2.20. The largest absolute Gasteiger partial charge is 0.321 e. The van der Waals surface area contributed by atoms with E-state index in [-0.39, 0.29) is 5.91 Å². The number of terminal acetylenes is 1. The standard InChI is InChI=1S/C9H9N3O/c1-3-9(13)12-5-7-4-11(2)10-8(7)6-12/h1,4H,5-6H2,2H3. The van der Waals surface area contributed by atoms with Crippen LogP contribution in [-0.2, 0) is 24.9 Å². The molecule has 0 saturated heterocycles. The van der Waals surface area contributed by atoms with E-state index in [2.05, 4.69) is 11.0 Å². The van der Waals surface area contributed by atoms with E-state index < -0.39 is 0 Å². The first kappa shape index (κ1) is 7.87. The molecular weight excluding hydrogens is 166 g/mol. The zero-order valence-corrected chi connectivity index (χ0v) is 7.32. The molecule has 0 fully saturated rings. The van der Waals surface area contributed by atoms with Crippen LogP contribution >= 0.6 is 0 Å². The molecule has 0 unspecified atom stereocenters. The topological polar surface area (TPSA) is 38.1 Å². The van der Waals surface area contributed by atoms with Gasteiger partial charge in [0.2, 0.25) is 0 Å². The summed E-state index contributed by atoms with van der Waals surface area (Å²) in [6.07, 6.45) is 6.93. The maximum absolute atomic E-state index is 11.1. The second kappa shape index (κ2) is 2.63. The predicted molar refractivity (Wildman–Crippen MR) is 46.3 cm³/mol. The molecule has 1 aromatic heterocycles. The van der Waals surface area contributed by atoms with E-state index in [1.54, 1.807) is 9.58 Å². The lowest BCUT2D eigenvalue weighted by atomic mass is 10.3. The van der Waals surface area contributed by atoms with Gasteiger partial charge in [0.15, 0.2) is 0 Å². The zero-order valence-electron chi connectivity index (χ0n) is 7.32. The first-order valence-electron chi connectivity index (χ1n) is 3.97. The molecule has 1 aliphatic heterocycles. The van der Waals surface area contributed by atoms with Crippen molar-refractivity contribution in [1.82, 2.24) is 14.7 Å². The third kappa shape index (κ3) is 1.18. The Hall–Kier alpha value is -1.76. The van der Waals surface area contributed by atoms with Crippen molar-refractivity contribution < 1.29 is 4.79 Å². The minimum absolute atomic E-state index is 0.263. The molecule has 0 saturated carbocycles. The quantitative estimate of drug-likeness (QED) is 0.516. The number of amides is 1. The van der Waals surface area contributed by atoms with Gasteiger partial charge in [0.05, 0.1) is 18.8 Å². The molecule has 13 heavy (non-hydrogen) atoms. The van der Waals surface area contributed by atoms with Gasteiger partial charge in [-0.3, -0.25) is 9.48 Å². The number of fused-ring (bicyclic) bond motifs is 1. The van der Waals surface area contributed by atoms with E-state index in [9.17, 15) is 4.79 Å². The first-order chi connectivity index (χ1) is 6.20. The van der Waals surface area contributed by atoms with E-state index in [1.807, 2.05) is 13.2 Å². The molecule has 1 aliphatic rings. The molecule has 1 amide bonds. The van der Waals surface area contributed by atoms with Crippen LogP contribution in [0.1, 0.15) is 11.3 Å². The fourth-order valence-electron chi connectivity index (χ4n) is 1.53.